The van der Waals surface area contributed by atoms with Crippen molar-refractivity contribution < 1.29 is 14.6 Å². The molecule has 0 saturated heterocycles. The third-order valence-corrected chi connectivity index (χ3v) is 11.8. The molecule has 5 rings (SSSR count). The molecule has 0 amide bonds. The molecular formula is C31H50N4O3. The molecular weight excluding hydrogens is 476 g/mol. The number of carbonyl (C=O) groups excluding carboxylic acids is 1. The summed E-state index contributed by atoms with van der Waals surface area (Å²) in [6, 6.07) is 0.256. The number of methoxy groups -OCH3 is 1. The zero-order chi connectivity index (χ0) is 27.3. The van der Waals surface area contributed by atoms with E-state index in [-0.39, 0.29) is 22.8 Å². The van der Waals surface area contributed by atoms with Gasteiger partial charge in [0, 0.05) is 19.1 Å². The number of hydrogen-bond acceptors (Lipinski definition) is 6. The van der Waals surface area contributed by atoms with Gasteiger partial charge in [-0.15, -0.1) is 5.10 Å². The molecule has 0 aliphatic heterocycles. The molecule has 0 bridgehead atoms. The molecule has 4 saturated carbocycles. The standard InChI is InChI=1S/C31H50N4O3/c1-20(32-5)7-12-27-21(2)35(34-33-27)18-28(36)26-11-10-24-23-9-8-22-17-29(3,37)15-16-31(22,19-38-6)25(23)13-14-30(24,26)4/h7,12,20,22-26,32,37H,8-11,13-19H2,1-6H3. The number of aromatic nitrogens is 3. The van der Waals surface area contributed by atoms with E-state index < -0.39 is 5.60 Å². The lowest BCUT2D eigenvalue weighted by molar-refractivity contribution is -0.175. The second-order valence-electron chi connectivity index (χ2n) is 13.8. The largest absolute Gasteiger partial charge is 0.390 e. The van der Waals surface area contributed by atoms with Gasteiger partial charge < -0.3 is 15.2 Å². The highest BCUT2D eigenvalue weighted by Crippen LogP contribution is 2.68. The van der Waals surface area contributed by atoms with Crippen molar-refractivity contribution in [3.63, 3.8) is 0 Å². The number of carbonyl (C=O) groups is 1. The molecule has 9 atom stereocenters. The van der Waals surface area contributed by atoms with Crippen LogP contribution in [0.25, 0.3) is 6.08 Å². The highest BCUT2D eigenvalue weighted by atomic mass is 16.5. The lowest BCUT2D eigenvalue weighted by atomic mass is 9.43. The molecule has 212 valence electrons. The Bertz CT molecular complexity index is 1050. The molecule has 0 aromatic carbocycles. The molecule has 9 unspecified atom stereocenters. The number of Topliss-reactive ketones (excluding diaryl/α,β-unsaturated/α-hetero) is 1. The number of likely N-dealkylation sites (N-methyl/N-ethyl adjacent to an activating group) is 1. The van der Waals surface area contributed by atoms with E-state index in [0.717, 1.165) is 56.5 Å². The zero-order valence-corrected chi connectivity index (χ0v) is 24.5. The summed E-state index contributed by atoms with van der Waals surface area (Å²) >= 11 is 0. The molecule has 1 heterocycles. The van der Waals surface area contributed by atoms with Crippen LogP contribution in [-0.4, -0.2) is 58.3 Å². The molecule has 7 nitrogen and oxygen atoms in total. The molecule has 0 radical (unpaired) electrons. The first kappa shape index (κ1) is 28.0. The van der Waals surface area contributed by atoms with E-state index in [1.807, 2.05) is 34.1 Å². The SMILES string of the molecule is CNC(C)C=Cc1nnn(CC(=O)C2CCC3C4CCC5CC(C)(O)CCC5(COC)C4CCC23C)c1C. The van der Waals surface area contributed by atoms with Gasteiger partial charge in [-0.05, 0) is 126 Å². The Morgan fingerprint density at radius 3 is 2.71 bits per heavy atom. The van der Waals surface area contributed by atoms with Crippen LogP contribution < -0.4 is 5.32 Å². The van der Waals surface area contributed by atoms with E-state index in [9.17, 15) is 9.90 Å². The summed E-state index contributed by atoms with van der Waals surface area (Å²) in [5, 5.41) is 22.8. The maximum Gasteiger partial charge on any atom is 0.157 e. The number of nitrogens with zero attached hydrogens (tertiary/aromatic N) is 3. The first-order valence-corrected chi connectivity index (χ1v) is 15.0. The van der Waals surface area contributed by atoms with Gasteiger partial charge in [0.25, 0.3) is 0 Å². The Kier molecular flexibility index (Phi) is 7.69. The van der Waals surface area contributed by atoms with Crippen molar-refractivity contribution in [1.82, 2.24) is 20.3 Å². The summed E-state index contributed by atoms with van der Waals surface area (Å²) in [5.74, 6) is 2.89. The van der Waals surface area contributed by atoms with Crippen molar-refractivity contribution in [3.8, 4) is 0 Å². The van der Waals surface area contributed by atoms with E-state index in [4.69, 9.17) is 4.74 Å². The highest BCUT2D eigenvalue weighted by molar-refractivity contribution is 5.82. The number of fused-ring (bicyclic) bond motifs is 5. The first-order chi connectivity index (χ1) is 18.0. The van der Waals surface area contributed by atoms with E-state index in [1.54, 1.807) is 4.68 Å². The Hall–Kier alpha value is -1.57. The van der Waals surface area contributed by atoms with E-state index in [0.29, 0.717) is 36.0 Å². The van der Waals surface area contributed by atoms with Crippen LogP contribution in [0.15, 0.2) is 6.08 Å². The van der Waals surface area contributed by atoms with Crippen LogP contribution in [0.2, 0.25) is 0 Å². The third-order valence-electron chi connectivity index (χ3n) is 11.8. The van der Waals surface area contributed by atoms with Crippen LogP contribution in [0.5, 0.6) is 0 Å². The van der Waals surface area contributed by atoms with Crippen LogP contribution in [0, 0.1) is 47.3 Å². The number of ketones is 1. The van der Waals surface area contributed by atoms with Crippen LogP contribution in [0.4, 0.5) is 0 Å². The number of aliphatic hydroxyl groups is 1. The van der Waals surface area contributed by atoms with Crippen LogP contribution in [0.3, 0.4) is 0 Å². The summed E-state index contributed by atoms with van der Waals surface area (Å²) in [6.07, 6.45) is 13.8. The quantitative estimate of drug-likeness (QED) is 0.505. The minimum atomic E-state index is -0.539. The normalized spacial score (nSPS) is 41.5. The zero-order valence-electron chi connectivity index (χ0n) is 24.5. The van der Waals surface area contributed by atoms with E-state index in [2.05, 4.69) is 35.6 Å². The van der Waals surface area contributed by atoms with E-state index in [1.165, 1.54) is 19.3 Å². The Balaban J connectivity index is 1.32. The lowest BCUT2D eigenvalue weighted by Gasteiger charge is -2.62. The van der Waals surface area contributed by atoms with Crippen molar-refractivity contribution in [2.24, 2.45) is 40.4 Å². The fourth-order valence-electron chi connectivity index (χ4n) is 9.58. The van der Waals surface area contributed by atoms with Crippen LogP contribution in [-0.2, 0) is 16.1 Å². The monoisotopic (exact) mass is 526 g/mol. The Labute approximate surface area is 229 Å². The fourth-order valence-corrected chi connectivity index (χ4v) is 9.58. The van der Waals surface area contributed by atoms with Crippen molar-refractivity contribution in [2.75, 3.05) is 20.8 Å². The number of hydrogen-bond donors (Lipinski definition) is 2. The summed E-state index contributed by atoms with van der Waals surface area (Å²) < 4.78 is 7.72. The maximum absolute atomic E-state index is 13.8. The van der Waals surface area contributed by atoms with Gasteiger partial charge in [-0.2, -0.15) is 0 Å². The molecule has 4 aliphatic carbocycles. The number of rotatable bonds is 8. The first-order valence-electron chi connectivity index (χ1n) is 15.0. The van der Waals surface area contributed by atoms with Crippen molar-refractivity contribution in [3.05, 3.63) is 17.5 Å². The lowest BCUT2D eigenvalue weighted by Crippen LogP contribution is -2.58. The van der Waals surface area contributed by atoms with Crippen molar-refractivity contribution in [2.45, 2.75) is 104 Å². The second kappa shape index (κ2) is 10.4. The molecule has 1 aromatic rings. The average molecular weight is 527 g/mol. The van der Waals surface area contributed by atoms with Gasteiger partial charge in [0.2, 0.25) is 0 Å². The summed E-state index contributed by atoms with van der Waals surface area (Å²) in [6.45, 7) is 9.69. The van der Waals surface area contributed by atoms with Gasteiger partial charge in [-0.1, -0.05) is 18.2 Å². The minimum absolute atomic E-state index is 0.0684. The van der Waals surface area contributed by atoms with Crippen molar-refractivity contribution >= 4 is 11.9 Å². The second-order valence-corrected chi connectivity index (χ2v) is 13.8. The van der Waals surface area contributed by atoms with Gasteiger partial charge in [-0.3, -0.25) is 4.79 Å². The summed E-state index contributed by atoms with van der Waals surface area (Å²) in [4.78, 5) is 13.8. The van der Waals surface area contributed by atoms with Crippen molar-refractivity contribution in [1.29, 1.82) is 0 Å². The van der Waals surface area contributed by atoms with Gasteiger partial charge in [0.15, 0.2) is 5.78 Å². The fraction of sp³-hybridized carbons (Fsp3) is 0.839. The molecule has 4 aliphatic rings. The Morgan fingerprint density at radius 1 is 1.18 bits per heavy atom. The molecule has 1 aromatic heterocycles. The smallest absolute Gasteiger partial charge is 0.157 e. The summed E-state index contributed by atoms with van der Waals surface area (Å²) in [5.41, 5.74) is 1.51. The molecule has 0 spiro atoms. The molecule has 38 heavy (non-hydrogen) atoms. The average Bonchev–Trinajstić information content (AvgIpc) is 3.41. The molecule has 4 fully saturated rings. The van der Waals surface area contributed by atoms with Crippen LogP contribution >= 0.6 is 0 Å². The predicted molar refractivity (Wildman–Crippen MR) is 149 cm³/mol. The highest BCUT2D eigenvalue weighted by Gasteiger charge is 2.63. The number of ether oxygens (including phenoxy) is 1. The third kappa shape index (κ3) is 4.71. The minimum Gasteiger partial charge on any atom is -0.390 e. The summed E-state index contributed by atoms with van der Waals surface area (Å²) in [7, 11) is 3.79. The maximum atomic E-state index is 13.8. The van der Waals surface area contributed by atoms with Gasteiger partial charge in [-0.25, -0.2) is 4.68 Å². The van der Waals surface area contributed by atoms with E-state index >= 15 is 0 Å². The molecule has 7 heteroatoms. The topological polar surface area (TPSA) is 89.3 Å². The van der Waals surface area contributed by atoms with Crippen LogP contribution in [0.1, 0.15) is 89.9 Å². The predicted octanol–water partition coefficient (Wildman–Crippen LogP) is 4.81. The van der Waals surface area contributed by atoms with Gasteiger partial charge in [0.05, 0.1) is 17.9 Å². The van der Waals surface area contributed by atoms with Gasteiger partial charge in [0.1, 0.15) is 12.2 Å². The molecule has 2 N–H and O–H groups in total. The number of nitrogens with one attached hydrogen (secondary N) is 1. The van der Waals surface area contributed by atoms with Gasteiger partial charge >= 0.3 is 0 Å². The Morgan fingerprint density at radius 2 is 1.97 bits per heavy atom.